The maximum Gasteiger partial charge on any atom is 0.0794 e. The van der Waals surface area contributed by atoms with Crippen molar-refractivity contribution < 1.29 is 0 Å². The standard InChI is InChI=1S/C14H19N3S/c1-3-5-17-14(8-13-9-15-10-18-13)12-4-6-16-11(2)7-12/h4,6-7,9-10,14,17H,3,5,8H2,1-2H3. The smallest absolute Gasteiger partial charge is 0.0794 e. The highest BCUT2D eigenvalue weighted by molar-refractivity contribution is 7.09. The van der Waals surface area contributed by atoms with Crippen molar-refractivity contribution in [2.75, 3.05) is 6.54 Å². The van der Waals surface area contributed by atoms with E-state index < -0.39 is 0 Å². The van der Waals surface area contributed by atoms with E-state index in [0.29, 0.717) is 6.04 Å². The zero-order chi connectivity index (χ0) is 12.8. The maximum absolute atomic E-state index is 4.26. The van der Waals surface area contributed by atoms with Crippen LogP contribution < -0.4 is 5.32 Å². The summed E-state index contributed by atoms with van der Waals surface area (Å²) in [5.74, 6) is 0. The van der Waals surface area contributed by atoms with Crippen molar-refractivity contribution >= 4 is 11.3 Å². The van der Waals surface area contributed by atoms with E-state index in [1.165, 1.54) is 10.4 Å². The van der Waals surface area contributed by atoms with Crippen LogP contribution >= 0.6 is 11.3 Å². The fraction of sp³-hybridized carbons (Fsp3) is 0.429. The molecule has 0 saturated carbocycles. The number of aryl methyl sites for hydroxylation is 1. The average Bonchev–Trinajstić information content (AvgIpc) is 2.87. The number of nitrogens with zero attached hydrogens (tertiary/aromatic N) is 2. The molecule has 2 aromatic heterocycles. The van der Waals surface area contributed by atoms with Gasteiger partial charge in [-0.1, -0.05) is 6.92 Å². The minimum Gasteiger partial charge on any atom is -0.310 e. The molecule has 0 fully saturated rings. The predicted molar refractivity (Wildman–Crippen MR) is 75.8 cm³/mol. The minimum absolute atomic E-state index is 0.354. The van der Waals surface area contributed by atoms with Gasteiger partial charge in [0, 0.05) is 35.4 Å². The lowest BCUT2D eigenvalue weighted by Crippen LogP contribution is -2.24. The molecule has 0 bridgehead atoms. The molecule has 2 heterocycles. The second-order valence-electron chi connectivity index (χ2n) is 4.41. The van der Waals surface area contributed by atoms with E-state index in [2.05, 4.69) is 34.3 Å². The number of rotatable bonds is 6. The van der Waals surface area contributed by atoms with Crippen LogP contribution in [-0.4, -0.2) is 16.5 Å². The van der Waals surface area contributed by atoms with Crippen molar-refractivity contribution in [2.24, 2.45) is 0 Å². The molecule has 0 aliphatic carbocycles. The normalized spacial score (nSPS) is 12.6. The maximum atomic E-state index is 4.26. The van der Waals surface area contributed by atoms with Gasteiger partial charge in [-0.2, -0.15) is 0 Å². The Morgan fingerprint density at radius 2 is 2.33 bits per heavy atom. The van der Waals surface area contributed by atoms with Crippen molar-refractivity contribution in [1.29, 1.82) is 0 Å². The fourth-order valence-corrected chi connectivity index (χ4v) is 2.60. The number of hydrogen-bond donors (Lipinski definition) is 1. The van der Waals surface area contributed by atoms with Crippen LogP contribution in [0.2, 0.25) is 0 Å². The molecule has 0 saturated heterocycles. The summed E-state index contributed by atoms with van der Waals surface area (Å²) >= 11 is 1.72. The van der Waals surface area contributed by atoms with Crippen LogP contribution in [0.5, 0.6) is 0 Å². The second kappa shape index (κ2) is 6.61. The Kier molecular flexibility index (Phi) is 4.84. The first-order valence-electron chi connectivity index (χ1n) is 6.33. The summed E-state index contributed by atoms with van der Waals surface area (Å²) in [4.78, 5) is 9.72. The highest BCUT2D eigenvalue weighted by atomic mass is 32.1. The number of thiazole rings is 1. The molecule has 0 aliphatic rings. The van der Waals surface area contributed by atoms with Gasteiger partial charge in [-0.3, -0.25) is 9.97 Å². The first kappa shape index (κ1) is 13.2. The highest BCUT2D eigenvalue weighted by Gasteiger charge is 2.12. The molecule has 0 radical (unpaired) electrons. The number of nitrogens with one attached hydrogen (secondary N) is 1. The topological polar surface area (TPSA) is 37.8 Å². The van der Waals surface area contributed by atoms with E-state index in [9.17, 15) is 0 Å². The molecule has 1 unspecified atom stereocenters. The lowest BCUT2D eigenvalue weighted by atomic mass is 10.0. The Morgan fingerprint density at radius 3 is 3.00 bits per heavy atom. The van der Waals surface area contributed by atoms with Gasteiger partial charge in [-0.25, -0.2) is 0 Å². The van der Waals surface area contributed by atoms with Gasteiger partial charge in [0.1, 0.15) is 0 Å². The van der Waals surface area contributed by atoms with Gasteiger partial charge in [0.2, 0.25) is 0 Å². The Bertz CT molecular complexity index is 468. The third-order valence-electron chi connectivity index (χ3n) is 2.85. The summed E-state index contributed by atoms with van der Waals surface area (Å²) < 4.78 is 0. The molecule has 1 N–H and O–H groups in total. The molecule has 96 valence electrons. The summed E-state index contributed by atoms with van der Waals surface area (Å²) in [6, 6.07) is 4.61. The molecule has 0 spiro atoms. The van der Waals surface area contributed by atoms with Gasteiger partial charge in [0.15, 0.2) is 0 Å². The zero-order valence-electron chi connectivity index (χ0n) is 10.9. The van der Waals surface area contributed by atoms with Gasteiger partial charge in [0.05, 0.1) is 5.51 Å². The SMILES string of the molecule is CCCNC(Cc1cncs1)c1ccnc(C)c1. The van der Waals surface area contributed by atoms with Crippen LogP contribution in [0, 0.1) is 6.92 Å². The Hall–Kier alpha value is -1.26. The molecule has 0 aliphatic heterocycles. The van der Waals surface area contributed by atoms with Gasteiger partial charge < -0.3 is 5.32 Å². The third kappa shape index (κ3) is 3.62. The molecular formula is C14H19N3S. The Labute approximate surface area is 112 Å². The predicted octanol–water partition coefficient (Wildman–Crippen LogP) is 3.13. The molecule has 18 heavy (non-hydrogen) atoms. The largest absolute Gasteiger partial charge is 0.310 e. The second-order valence-corrected chi connectivity index (χ2v) is 5.38. The van der Waals surface area contributed by atoms with Crippen LogP contribution in [0.15, 0.2) is 30.0 Å². The van der Waals surface area contributed by atoms with Crippen LogP contribution in [0.25, 0.3) is 0 Å². The van der Waals surface area contributed by atoms with Crippen LogP contribution in [0.4, 0.5) is 0 Å². The highest BCUT2D eigenvalue weighted by Crippen LogP contribution is 2.20. The molecule has 2 rings (SSSR count). The van der Waals surface area contributed by atoms with Crippen molar-refractivity contribution in [3.05, 3.63) is 46.2 Å². The molecule has 0 amide bonds. The van der Waals surface area contributed by atoms with E-state index in [0.717, 1.165) is 25.1 Å². The van der Waals surface area contributed by atoms with Crippen LogP contribution in [-0.2, 0) is 6.42 Å². The quantitative estimate of drug-likeness (QED) is 0.868. The Morgan fingerprint density at radius 1 is 1.44 bits per heavy atom. The first-order valence-corrected chi connectivity index (χ1v) is 7.21. The summed E-state index contributed by atoms with van der Waals surface area (Å²) in [5, 5.41) is 3.60. The van der Waals surface area contributed by atoms with Crippen molar-refractivity contribution in [3.63, 3.8) is 0 Å². The molecule has 3 nitrogen and oxygen atoms in total. The van der Waals surface area contributed by atoms with Gasteiger partial charge >= 0.3 is 0 Å². The summed E-state index contributed by atoms with van der Waals surface area (Å²) in [6.07, 6.45) is 5.98. The van der Waals surface area contributed by atoms with E-state index in [-0.39, 0.29) is 0 Å². The van der Waals surface area contributed by atoms with Gasteiger partial charge in [0.25, 0.3) is 0 Å². The first-order chi connectivity index (χ1) is 8.79. The van der Waals surface area contributed by atoms with Crippen molar-refractivity contribution in [3.8, 4) is 0 Å². The summed E-state index contributed by atoms with van der Waals surface area (Å²) in [6.45, 7) is 5.26. The van der Waals surface area contributed by atoms with Crippen molar-refractivity contribution in [2.45, 2.75) is 32.7 Å². The fourth-order valence-electron chi connectivity index (χ4n) is 1.95. The van der Waals surface area contributed by atoms with Crippen LogP contribution in [0.3, 0.4) is 0 Å². The number of hydrogen-bond acceptors (Lipinski definition) is 4. The summed E-state index contributed by atoms with van der Waals surface area (Å²) in [7, 11) is 0. The lowest BCUT2D eigenvalue weighted by molar-refractivity contribution is 0.531. The average molecular weight is 261 g/mol. The molecular weight excluding hydrogens is 242 g/mol. The van der Waals surface area contributed by atoms with E-state index in [1.807, 2.05) is 24.8 Å². The minimum atomic E-state index is 0.354. The summed E-state index contributed by atoms with van der Waals surface area (Å²) in [5.41, 5.74) is 4.27. The Balaban J connectivity index is 2.13. The van der Waals surface area contributed by atoms with E-state index in [1.54, 1.807) is 11.3 Å². The number of aromatic nitrogens is 2. The molecule has 0 aromatic carbocycles. The van der Waals surface area contributed by atoms with Gasteiger partial charge in [-0.05, 0) is 37.6 Å². The molecule has 1 atom stereocenters. The lowest BCUT2D eigenvalue weighted by Gasteiger charge is -2.18. The third-order valence-corrected chi connectivity index (χ3v) is 3.65. The van der Waals surface area contributed by atoms with Crippen LogP contribution in [0.1, 0.15) is 35.5 Å². The van der Waals surface area contributed by atoms with E-state index in [4.69, 9.17) is 0 Å². The molecule has 4 heteroatoms. The van der Waals surface area contributed by atoms with Gasteiger partial charge in [-0.15, -0.1) is 11.3 Å². The molecule has 2 aromatic rings. The van der Waals surface area contributed by atoms with E-state index >= 15 is 0 Å². The zero-order valence-corrected chi connectivity index (χ0v) is 11.7. The number of pyridine rings is 1. The van der Waals surface area contributed by atoms with Crippen molar-refractivity contribution in [1.82, 2.24) is 15.3 Å². The monoisotopic (exact) mass is 261 g/mol.